The molecular weight excluding hydrogens is 252 g/mol. The van der Waals surface area contributed by atoms with E-state index in [2.05, 4.69) is 19.9 Å². The summed E-state index contributed by atoms with van der Waals surface area (Å²) in [5.74, 6) is 1.40. The highest BCUT2D eigenvalue weighted by molar-refractivity contribution is 5.66. The molecule has 20 heavy (non-hydrogen) atoms. The zero-order valence-corrected chi connectivity index (χ0v) is 12.8. The summed E-state index contributed by atoms with van der Waals surface area (Å²) in [4.78, 5) is 11.0. The Labute approximate surface area is 121 Å². The van der Waals surface area contributed by atoms with Crippen LogP contribution in [0.3, 0.4) is 0 Å². The Balaban J connectivity index is 2.36. The number of carbonyl (C=O) groups excluding carboxylic acids is 1. The van der Waals surface area contributed by atoms with Crippen molar-refractivity contribution in [2.45, 2.75) is 52.4 Å². The number of rotatable bonds is 3. The largest absolute Gasteiger partial charge is 0.508 e. The lowest BCUT2D eigenvalue weighted by Gasteiger charge is -2.34. The van der Waals surface area contributed by atoms with Crippen LogP contribution in [-0.4, -0.2) is 17.7 Å². The molecule has 0 radical (unpaired) electrons. The van der Waals surface area contributed by atoms with Gasteiger partial charge in [-0.25, -0.2) is 0 Å². The van der Waals surface area contributed by atoms with Crippen molar-refractivity contribution in [1.82, 2.24) is 0 Å². The Morgan fingerprint density at radius 1 is 1.35 bits per heavy atom. The molecule has 3 heteroatoms. The summed E-state index contributed by atoms with van der Waals surface area (Å²) in [5.41, 5.74) is 3.39. The van der Waals surface area contributed by atoms with Gasteiger partial charge in [0.1, 0.15) is 5.75 Å². The van der Waals surface area contributed by atoms with Crippen LogP contribution >= 0.6 is 0 Å². The van der Waals surface area contributed by atoms with Gasteiger partial charge in [0.2, 0.25) is 0 Å². The van der Waals surface area contributed by atoms with E-state index in [-0.39, 0.29) is 11.9 Å². The quantitative estimate of drug-likeness (QED) is 0.852. The van der Waals surface area contributed by atoms with E-state index in [4.69, 9.17) is 4.74 Å². The Morgan fingerprint density at radius 3 is 2.65 bits per heavy atom. The Morgan fingerprint density at radius 2 is 2.05 bits per heavy atom. The highest BCUT2D eigenvalue weighted by atomic mass is 16.5. The maximum atomic E-state index is 11.0. The van der Waals surface area contributed by atoms with Gasteiger partial charge in [-0.1, -0.05) is 19.9 Å². The molecule has 0 heterocycles. The first kappa shape index (κ1) is 14.9. The summed E-state index contributed by atoms with van der Waals surface area (Å²) in [6.45, 7) is 8.26. The van der Waals surface area contributed by atoms with Crippen LogP contribution in [0.1, 0.15) is 62.1 Å². The molecule has 0 saturated carbocycles. The summed E-state index contributed by atoms with van der Waals surface area (Å²) in [5, 5.41) is 9.99. The molecule has 0 saturated heterocycles. The van der Waals surface area contributed by atoms with Crippen LogP contribution < -0.4 is 0 Å². The fourth-order valence-corrected chi connectivity index (χ4v) is 3.18. The van der Waals surface area contributed by atoms with Gasteiger partial charge in [-0.3, -0.25) is 4.79 Å². The van der Waals surface area contributed by atoms with Crippen LogP contribution in [0.2, 0.25) is 0 Å². The lowest BCUT2D eigenvalue weighted by molar-refractivity contribution is -0.141. The minimum atomic E-state index is -0.242. The van der Waals surface area contributed by atoms with Gasteiger partial charge in [-0.15, -0.1) is 0 Å². The summed E-state index contributed by atoms with van der Waals surface area (Å²) < 4.78 is 5.18. The zero-order valence-electron chi connectivity index (χ0n) is 12.8. The Hall–Kier alpha value is -1.51. The van der Waals surface area contributed by atoms with Crippen molar-refractivity contribution in [3.05, 3.63) is 28.8 Å². The maximum Gasteiger partial charge on any atom is 0.302 e. The summed E-state index contributed by atoms with van der Waals surface area (Å²) in [6.07, 6.45) is 2.12. The van der Waals surface area contributed by atoms with E-state index in [1.54, 1.807) is 0 Å². The van der Waals surface area contributed by atoms with E-state index < -0.39 is 0 Å². The molecule has 1 aliphatic rings. The second kappa shape index (κ2) is 5.86. The molecule has 0 aliphatic heterocycles. The number of aryl methyl sites for hydroxylation is 1. The van der Waals surface area contributed by atoms with Crippen molar-refractivity contribution < 1.29 is 14.6 Å². The van der Waals surface area contributed by atoms with E-state index in [1.807, 2.05) is 13.0 Å². The first-order chi connectivity index (χ1) is 9.40. The third kappa shape index (κ3) is 2.97. The molecule has 3 nitrogen and oxygen atoms in total. The Bertz CT molecular complexity index is 505. The molecular formula is C17H24O3. The number of benzene rings is 1. The Kier molecular flexibility index (Phi) is 4.36. The molecule has 1 aromatic carbocycles. The molecule has 1 N–H and O–H groups in total. The smallest absolute Gasteiger partial charge is 0.302 e. The van der Waals surface area contributed by atoms with Gasteiger partial charge < -0.3 is 9.84 Å². The fourth-order valence-electron chi connectivity index (χ4n) is 3.18. The summed E-state index contributed by atoms with van der Waals surface area (Å²) in [7, 11) is 0. The van der Waals surface area contributed by atoms with Crippen molar-refractivity contribution in [3.8, 4) is 5.75 Å². The minimum absolute atomic E-state index is 0.204. The first-order valence-electron chi connectivity index (χ1n) is 7.37. The minimum Gasteiger partial charge on any atom is -0.508 e. The number of fused-ring (bicyclic) bond motifs is 1. The number of aromatic hydroxyl groups is 1. The summed E-state index contributed by atoms with van der Waals surface area (Å²) >= 11 is 0. The van der Waals surface area contributed by atoms with Crippen LogP contribution in [-0.2, 0) is 9.53 Å². The summed E-state index contributed by atoms with van der Waals surface area (Å²) in [6, 6.07) is 3.97. The zero-order chi connectivity index (χ0) is 14.9. The van der Waals surface area contributed by atoms with Gasteiger partial charge in [-0.05, 0) is 54.4 Å². The van der Waals surface area contributed by atoms with Gasteiger partial charge in [0.15, 0.2) is 0 Å². The van der Waals surface area contributed by atoms with E-state index >= 15 is 0 Å². The number of hydrogen-bond acceptors (Lipinski definition) is 3. The van der Waals surface area contributed by atoms with Gasteiger partial charge in [0, 0.05) is 12.8 Å². The van der Waals surface area contributed by atoms with E-state index in [0.717, 1.165) is 24.0 Å². The molecule has 0 bridgehead atoms. The highest BCUT2D eigenvalue weighted by Gasteiger charge is 2.30. The molecule has 110 valence electrons. The number of phenols is 1. The average molecular weight is 276 g/mol. The van der Waals surface area contributed by atoms with Crippen LogP contribution in [0.4, 0.5) is 0 Å². The van der Waals surface area contributed by atoms with Crippen LogP contribution in [0.5, 0.6) is 5.75 Å². The number of ether oxygens (including phenoxy) is 1. The lowest BCUT2D eigenvalue weighted by atomic mass is 9.72. The standard InChI is InChI=1S/C17H24O3/c1-10(2)14-6-5-13(9-20-12(4)18)15-8-17(19)11(3)7-16(14)15/h7-8,10,13-14,19H,5-6,9H2,1-4H3. The van der Waals surface area contributed by atoms with Crippen LogP contribution in [0.15, 0.2) is 12.1 Å². The normalized spacial score (nSPS) is 21.6. The van der Waals surface area contributed by atoms with Gasteiger partial charge in [-0.2, -0.15) is 0 Å². The second-order valence-electron chi connectivity index (χ2n) is 6.19. The third-order valence-electron chi connectivity index (χ3n) is 4.36. The molecule has 2 rings (SSSR count). The van der Waals surface area contributed by atoms with Gasteiger partial charge in [0.25, 0.3) is 0 Å². The molecule has 2 atom stereocenters. The van der Waals surface area contributed by atoms with E-state index in [9.17, 15) is 9.90 Å². The third-order valence-corrected chi connectivity index (χ3v) is 4.36. The van der Waals surface area contributed by atoms with Crippen molar-refractivity contribution in [3.63, 3.8) is 0 Å². The SMILES string of the molecule is CC(=O)OCC1CCC(C(C)C)c2cc(C)c(O)cc21. The number of hydrogen-bond donors (Lipinski definition) is 1. The highest BCUT2D eigenvalue weighted by Crippen LogP contribution is 2.44. The molecule has 1 aliphatic carbocycles. The number of esters is 1. The molecule has 1 aromatic rings. The van der Waals surface area contributed by atoms with E-state index in [0.29, 0.717) is 24.2 Å². The average Bonchev–Trinajstić information content (AvgIpc) is 2.37. The van der Waals surface area contributed by atoms with Crippen molar-refractivity contribution >= 4 is 5.97 Å². The molecule has 2 unspecified atom stereocenters. The van der Waals surface area contributed by atoms with Crippen molar-refractivity contribution in [2.24, 2.45) is 5.92 Å². The van der Waals surface area contributed by atoms with Crippen molar-refractivity contribution in [2.75, 3.05) is 6.61 Å². The molecule has 0 amide bonds. The number of phenolic OH excluding ortho intramolecular Hbond substituents is 1. The lowest BCUT2D eigenvalue weighted by Crippen LogP contribution is -2.22. The monoisotopic (exact) mass is 276 g/mol. The second-order valence-corrected chi connectivity index (χ2v) is 6.19. The molecule has 0 spiro atoms. The molecule has 0 aromatic heterocycles. The maximum absolute atomic E-state index is 11.0. The predicted octanol–water partition coefficient (Wildman–Crippen LogP) is 3.88. The first-order valence-corrected chi connectivity index (χ1v) is 7.37. The molecule has 0 fully saturated rings. The number of carbonyl (C=O) groups is 1. The topological polar surface area (TPSA) is 46.5 Å². The van der Waals surface area contributed by atoms with Crippen LogP contribution in [0, 0.1) is 12.8 Å². The predicted molar refractivity (Wildman–Crippen MR) is 79.0 cm³/mol. The van der Waals surface area contributed by atoms with E-state index in [1.165, 1.54) is 12.5 Å². The van der Waals surface area contributed by atoms with Crippen LogP contribution in [0.25, 0.3) is 0 Å². The fraction of sp³-hybridized carbons (Fsp3) is 0.588. The van der Waals surface area contributed by atoms with Gasteiger partial charge >= 0.3 is 5.97 Å². The van der Waals surface area contributed by atoms with Gasteiger partial charge in [0.05, 0.1) is 6.61 Å². The van der Waals surface area contributed by atoms with Crippen molar-refractivity contribution in [1.29, 1.82) is 0 Å².